The molecule has 1 aromatic carbocycles. The Kier molecular flexibility index (Phi) is 13.2. The number of methoxy groups -OCH3 is 3. The number of ether oxygens (including phenoxy) is 4. The van der Waals surface area contributed by atoms with Gasteiger partial charge in [0.05, 0.1) is 32.6 Å². The Morgan fingerprint density at radius 2 is 1.46 bits per heavy atom. The van der Waals surface area contributed by atoms with E-state index in [0.29, 0.717) is 17.2 Å². The Morgan fingerprint density at radius 1 is 0.914 bits per heavy atom. The highest BCUT2D eigenvalue weighted by atomic mass is 29.6. The Balaban J connectivity index is 3.35. The van der Waals surface area contributed by atoms with Crippen LogP contribution in [0.25, 0.3) is 5.76 Å². The molecular formula is C23H41O7Si5. The Morgan fingerprint density at radius 3 is 1.89 bits per heavy atom. The topological polar surface area (TPSA) is 72.5 Å². The summed E-state index contributed by atoms with van der Waals surface area (Å²) < 4.78 is 35.4. The molecule has 0 bridgehead atoms. The van der Waals surface area contributed by atoms with E-state index in [0.717, 1.165) is 6.42 Å². The Bertz CT molecular complexity index is 816. The van der Waals surface area contributed by atoms with Gasteiger partial charge in [0.2, 0.25) is 5.76 Å². The second-order valence-corrected chi connectivity index (χ2v) is 28.3. The summed E-state index contributed by atoms with van der Waals surface area (Å²) >= 11 is 0. The molecule has 195 valence electrons. The molecule has 0 saturated carbocycles. The highest BCUT2D eigenvalue weighted by molar-refractivity contribution is 7.38. The number of rotatable bonds is 15. The van der Waals surface area contributed by atoms with E-state index in [-0.39, 0.29) is 35.8 Å². The molecule has 0 aliphatic carbocycles. The van der Waals surface area contributed by atoms with Gasteiger partial charge in [0.1, 0.15) is 13.6 Å². The molecule has 1 aromatic rings. The van der Waals surface area contributed by atoms with Crippen LogP contribution in [0.5, 0.6) is 5.75 Å². The van der Waals surface area contributed by atoms with Crippen molar-refractivity contribution in [1.82, 2.24) is 0 Å². The summed E-state index contributed by atoms with van der Waals surface area (Å²) in [4.78, 5) is 13.5. The molecule has 5 radical (unpaired) electrons. The fraction of sp³-hybridized carbons (Fsp3) is 0.609. The molecule has 0 saturated heterocycles. The molecule has 1 unspecified atom stereocenters. The maximum atomic E-state index is 13.5. The molecule has 0 aliphatic rings. The van der Waals surface area contributed by atoms with E-state index in [4.69, 9.17) is 27.2 Å². The van der Waals surface area contributed by atoms with E-state index in [1.54, 1.807) is 13.2 Å². The molecule has 35 heavy (non-hydrogen) atoms. The van der Waals surface area contributed by atoms with Gasteiger partial charge in [-0.2, -0.15) is 0 Å². The van der Waals surface area contributed by atoms with Crippen LogP contribution < -0.4 is 4.74 Å². The summed E-state index contributed by atoms with van der Waals surface area (Å²) in [7, 11) is 0.323. The van der Waals surface area contributed by atoms with Crippen LogP contribution in [0.15, 0.2) is 30.0 Å². The lowest BCUT2D eigenvalue weighted by atomic mass is 10.1. The van der Waals surface area contributed by atoms with Crippen LogP contribution in [0.3, 0.4) is 0 Å². The van der Waals surface area contributed by atoms with Gasteiger partial charge < -0.3 is 27.2 Å². The van der Waals surface area contributed by atoms with Crippen molar-refractivity contribution in [2.75, 3.05) is 21.3 Å². The highest BCUT2D eigenvalue weighted by Crippen LogP contribution is 2.30. The Hall–Kier alpha value is -1.17. The monoisotopic (exact) mass is 569 g/mol. The van der Waals surface area contributed by atoms with Crippen LogP contribution in [0, 0.1) is 5.92 Å². The number of para-hydroxylation sites is 1. The summed E-state index contributed by atoms with van der Waals surface area (Å²) in [6.45, 7) is 17.3. The van der Waals surface area contributed by atoms with Crippen LogP contribution in [0.1, 0.15) is 25.8 Å². The third-order valence-electron chi connectivity index (χ3n) is 4.34. The fourth-order valence-electron chi connectivity index (χ4n) is 2.83. The SMILES string of the molecule is COC(C(=O)OC(CC(C)C)[Si]([Si]O[Si](C)(C)C)[Si]O[Si](C)(C)C)=C(OC)c1ccccc1OC. The van der Waals surface area contributed by atoms with Gasteiger partial charge >= 0.3 is 5.97 Å². The van der Waals surface area contributed by atoms with Crippen molar-refractivity contribution in [3.05, 3.63) is 35.6 Å². The molecular weight excluding hydrogens is 529 g/mol. The van der Waals surface area contributed by atoms with Gasteiger partial charge in [-0.25, -0.2) is 4.79 Å². The van der Waals surface area contributed by atoms with Gasteiger partial charge in [-0.3, -0.25) is 0 Å². The lowest BCUT2D eigenvalue weighted by molar-refractivity contribution is -0.145. The Labute approximate surface area is 220 Å². The first-order chi connectivity index (χ1) is 16.2. The number of benzene rings is 1. The summed E-state index contributed by atoms with van der Waals surface area (Å²) in [6, 6.07) is 7.32. The van der Waals surface area contributed by atoms with Crippen molar-refractivity contribution >= 4 is 54.8 Å². The summed E-state index contributed by atoms with van der Waals surface area (Å²) in [5.41, 5.74) is 0.336. The van der Waals surface area contributed by atoms with Crippen LogP contribution in [-0.2, 0) is 27.2 Å². The molecule has 1 atom stereocenters. The van der Waals surface area contributed by atoms with Gasteiger partial charge in [0, 0.05) is 0 Å². The smallest absolute Gasteiger partial charge is 0.377 e. The van der Waals surface area contributed by atoms with E-state index >= 15 is 0 Å². The summed E-state index contributed by atoms with van der Waals surface area (Å²) in [5, 5.41) is 0. The zero-order valence-electron chi connectivity index (χ0n) is 23.0. The van der Waals surface area contributed by atoms with Crippen molar-refractivity contribution in [1.29, 1.82) is 0 Å². The normalized spacial score (nSPS) is 14.0. The molecule has 0 aliphatic heterocycles. The first kappa shape index (κ1) is 31.9. The minimum atomic E-state index is -1.74. The third-order valence-corrected chi connectivity index (χ3v) is 18.4. The van der Waals surface area contributed by atoms with E-state index in [1.165, 1.54) is 14.2 Å². The lowest BCUT2D eigenvalue weighted by Crippen LogP contribution is -2.52. The van der Waals surface area contributed by atoms with Crippen molar-refractivity contribution < 1.29 is 32.0 Å². The number of carbonyl (C=O) groups is 1. The zero-order valence-corrected chi connectivity index (χ0v) is 28.0. The van der Waals surface area contributed by atoms with Crippen molar-refractivity contribution in [2.24, 2.45) is 5.92 Å². The largest absolute Gasteiger partial charge is 0.496 e. The van der Waals surface area contributed by atoms with Crippen molar-refractivity contribution in [3.63, 3.8) is 0 Å². The van der Waals surface area contributed by atoms with Crippen LogP contribution >= 0.6 is 0 Å². The van der Waals surface area contributed by atoms with Crippen LogP contribution in [0.4, 0.5) is 0 Å². The van der Waals surface area contributed by atoms with E-state index in [9.17, 15) is 4.79 Å². The first-order valence-electron chi connectivity index (χ1n) is 11.6. The van der Waals surface area contributed by atoms with E-state index < -0.39 is 30.4 Å². The molecule has 7 nitrogen and oxygen atoms in total. The third kappa shape index (κ3) is 11.6. The second-order valence-electron chi connectivity index (χ2n) is 10.3. The maximum absolute atomic E-state index is 13.5. The number of esters is 1. The molecule has 0 fully saturated rings. The lowest BCUT2D eigenvalue weighted by Gasteiger charge is -2.30. The average Bonchev–Trinajstić information content (AvgIpc) is 2.75. The fourth-order valence-corrected chi connectivity index (χ4v) is 20.0. The van der Waals surface area contributed by atoms with E-state index in [1.807, 2.05) is 18.2 Å². The van der Waals surface area contributed by atoms with Gasteiger partial charge in [-0.1, -0.05) is 26.0 Å². The predicted octanol–water partition coefficient (Wildman–Crippen LogP) is 4.58. The molecule has 0 spiro atoms. The zero-order chi connectivity index (χ0) is 26.8. The number of hydrogen-bond donors (Lipinski definition) is 0. The van der Waals surface area contributed by atoms with E-state index in [2.05, 4.69) is 53.1 Å². The van der Waals surface area contributed by atoms with Gasteiger partial charge in [0.15, 0.2) is 41.0 Å². The number of carbonyl (C=O) groups excluding carboxylic acids is 1. The van der Waals surface area contributed by atoms with Crippen molar-refractivity contribution in [3.8, 4) is 5.75 Å². The molecule has 0 N–H and O–H groups in total. The second kappa shape index (κ2) is 14.5. The molecule has 0 amide bonds. The molecule has 1 rings (SSSR count). The van der Waals surface area contributed by atoms with Gasteiger partial charge in [0.25, 0.3) is 0 Å². The quantitative estimate of drug-likeness (QED) is 0.132. The van der Waals surface area contributed by atoms with Gasteiger partial charge in [-0.15, -0.1) is 0 Å². The molecule has 0 aromatic heterocycles. The molecule has 12 heteroatoms. The minimum absolute atomic E-state index is 0.0102. The average molecular weight is 570 g/mol. The summed E-state index contributed by atoms with van der Waals surface area (Å²) in [5.74, 6) is 0.640. The summed E-state index contributed by atoms with van der Waals surface area (Å²) in [6.07, 6.45) is 0.734. The van der Waals surface area contributed by atoms with Crippen LogP contribution in [-0.4, -0.2) is 76.1 Å². The molecule has 0 heterocycles. The van der Waals surface area contributed by atoms with Gasteiger partial charge in [-0.05, 0) is 63.8 Å². The maximum Gasteiger partial charge on any atom is 0.377 e. The minimum Gasteiger partial charge on any atom is -0.496 e. The van der Waals surface area contributed by atoms with Crippen LogP contribution in [0.2, 0.25) is 39.3 Å². The van der Waals surface area contributed by atoms with Crippen molar-refractivity contribution in [2.45, 2.75) is 65.3 Å². The first-order valence-corrected chi connectivity index (χ1v) is 23.8. The highest BCUT2D eigenvalue weighted by Gasteiger charge is 2.36. The predicted molar refractivity (Wildman–Crippen MR) is 149 cm³/mol. The number of hydrogen-bond acceptors (Lipinski definition) is 7. The standard InChI is InChI=1S/C23H41O7Si5/c1-17(2)16-20(33(31-29-34(6,7)8)32-30-35(9,10)11)28-23(24)22(27-5)21(26-4)18-14-12-13-15-19(18)25-3/h12-15,17,20H,16H2,1-11H3.